The van der Waals surface area contributed by atoms with Gasteiger partial charge in [0, 0.05) is 13.2 Å². The lowest BCUT2D eigenvalue weighted by Gasteiger charge is -2.41. The van der Waals surface area contributed by atoms with Crippen LogP contribution in [0.15, 0.2) is 48.5 Å². The summed E-state index contributed by atoms with van der Waals surface area (Å²) in [5.41, 5.74) is 3.88. The summed E-state index contributed by atoms with van der Waals surface area (Å²) >= 11 is 0. The number of aryl methyl sites for hydroxylation is 1. The minimum Gasteiger partial charge on any atom is -0.375 e. The van der Waals surface area contributed by atoms with Crippen LogP contribution in [0.3, 0.4) is 0 Å². The molecule has 0 spiro atoms. The van der Waals surface area contributed by atoms with E-state index in [4.69, 9.17) is 4.74 Å². The Morgan fingerprint density at radius 1 is 1.14 bits per heavy atom. The number of hydrogen-bond acceptors (Lipinski definition) is 2. The summed E-state index contributed by atoms with van der Waals surface area (Å²) in [5, 5.41) is 3.55. The molecule has 3 heteroatoms. The van der Waals surface area contributed by atoms with E-state index in [2.05, 4.69) is 50.4 Å². The van der Waals surface area contributed by atoms with Crippen LogP contribution in [-0.4, -0.2) is 18.8 Å². The highest BCUT2D eigenvalue weighted by Gasteiger charge is 2.35. The molecule has 0 aromatic heterocycles. The molecule has 3 rings (SSSR count). The first kappa shape index (κ1) is 21.0. The number of hydrogen-bond donors (Lipinski definition) is 1. The van der Waals surface area contributed by atoms with Gasteiger partial charge in [-0.3, -0.25) is 0 Å². The van der Waals surface area contributed by atoms with Crippen molar-refractivity contribution in [1.29, 1.82) is 0 Å². The Morgan fingerprint density at radius 3 is 2.54 bits per heavy atom. The summed E-state index contributed by atoms with van der Waals surface area (Å²) < 4.78 is 19.2. The van der Waals surface area contributed by atoms with Crippen LogP contribution in [0.5, 0.6) is 0 Å². The third-order valence-corrected chi connectivity index (χ3v) is 6.33. The smallest absolute Gasteiger partial charge is 0.123 e. The first-order chi connectivity index (χ1) is 13.5. The van der Waals surface area contributed by atoms with Crippen molar-refractivity contribution in [2.45, 2.75) is 64.5 Å². The van der Waals surface area contributed by atoms with Crippen molar-refractivity contribution in [1.82, 2.24) is 5.32 Å². The molecule has 1 N–H and O–H groups in total. The monoisotopic (exact) mass is 383 g/mol. The van der Waals surface area contributed by atoms with E-state index in [0.717, 1.165) is 50.9 Å². The predicted molar refractivity (Wildman–Crippen MR) is 114 cm³/mol. The molecule has 28 heavy (non-hydrogen) atoms. The van der Waals surface area contributed by atoms with E-state index < -0.39 is 0 Å². The highest BCUT2D eigenvalue weighted by molar-refractivity contribution is 5.25. The fourth-order valence-corrected chi connectivity index (χ4v) is 4.34. The third-order valence-electron chi connectivity index (χ3n) is 6.33. The van der Waals surface area contributed by atoms with Gasteiger partial charge in [0.2, 0.25) is 0 Å². The topological polar surface area (TPSA) is 21.3 Å². The van der Waals surface area contributed by atoms with Crippen molar-refractivity contribution < 1.29 is 9.13 Å². The quantitative estimate of drug-likeness (QED) is 0.565. The molecule has 1 aliphatic heterocycles. The van der Waals surface area contributed by atoms with Gasteiger partial charge >= 0.3 is 0 Å². The highest BCUT2D eigenvalue weighted by Crippen LogP contribution is 2.41. The van der Waals surface area contributed by atoms with Crippen LogP contribution < -0.4 is 5.32 Å². The van der Waals surface area contributed by atoms with Gasteiger partial charge in [0.25, 0.3) is 0 Å². The summed E-state index contributed by atoms with van der Waals surface area (Å²) in [6.07, 6.45) is 4.42. The highest BCUT2D eigenvalue weighted by atomic mass is 19.1. The van der Waals surface area contributed by atoms with Crippen molar-refractivity contribution in [3.05, 3.63) is 71.0 Å². The van der Waals surface area contributed by atoms with Gasteiger partial charge in [-0.05, 0) is 81.2 Å². The summed E-state index contributed by atoms with van der Waals surface area (Å²) in [6.45, 7) is 9.23. The lowest BCUT2D eigenvalue weighted by Crippen LogP contribution is -2.38. The first-order valence-electron chi connectivity index (χ1n) is 10.6. The molecule has 1 saturated heterocycles. The molecule has 3 unspecified atom stereocenters. The van der Waals surface area contributed by atoms with E-state index in [1.54, 1.807) is 0 Å². The van der Waals surface area contributed by atoms with E-state index in [9.17, 15) is 4.39 Å². The summed E-state index contributed by atoms with van der Waals surface area (Å²) in [7, 11) is 0. The van der Waals surface area contributed by atoms with Gasteiger partial charge in [-0.25, -0.2) is 4.39 Å². The third kappa shape index (κ3) is 5.65. The van der Waals surface area contributed by atoms with Crippen molar-refractivity contribution in [3.63, 3.8) is 0 Å². The zero-order valence-corrected chi connectivity index (χ0v) is 17.5. The second-order valence-corrected chi connectivity index (χ2v) is 8.51. The molecule has 1 heterocycles. The van der Waals surface area contributed by atoms with Gasteiger partial charge in [0.1, 0.15) is 5.82 Å². The summed E-state index contributed by atoms with van der Waals surface area (Å²) in [4.78, 5) is 0. The van der Waals surface area contributed by atoms with E-state index >= 15 is 0 Å². The van der Waals surface area contributed by atoms with Gasteiger partial charge in [-0.1, -0.05) is 48.9 Å². The molecule has 1 aliphatic rings. The zero-order valence-electron chi connectivity index (χ0n) is 17.5. The molecule has 2 nitrogen and oxygen atoms in total. The summed E-state index contributed by atoms with van der Waals surface area (Å²) in [6, 6.07) is 15.8. The maximum atomic E-state index is 13.1. The molecule has 1 fully saturated rings. The van der Waals surface area contributed by atoms with Crippen LogP contribution in [0.4, 0.5) is 4.39 Å². The molecule has 3 atom stereocenters. The van der Waals surface area contributed by atoms with Crippen LogP contribution in [0.2, 0.25) is 0 Å². The number of nitrogens with one attached hydrogen (secondary N) is 1. The molecular weight excluding hydrogens is 349 g/mol. The van der Waals surface area contributed by atoms with Gasteiger partial charge < -0.3 is 10.1 Å². The predicted octanol–water partition coefficient (Wildman–Crippen LogP) is 5.99. The fraction of sp³-hybridized carbons (Fsp3) is 0.520. The SMILES string of the molecule is CCC1(C)CC(C(CCNCc2ccc(F)cc2)c2ccc(C)cc2)CCO1. The Kier molecular flexibility index (Phi) is 7.25. The maximum Gasteiger partial charge on any atom is 0.123 e. The second kappa shape index (κ2) is 9.67. The second-order valence-electron chi connectivity index (χ2n) is 8.51. The van der Waals surface area contributed by atoms with Crippen molar-refractivity contribution in [2.24, 2.45) is 5.92 Å². The Labute approximate surface area is 169 Å². The zero-order chi connectivity index (χ0) is 20.0. The Hall–Kier alpha value is -1.71. The maximum absolute atomic E-state index is 13.1. The molecule has 0 amide bonds. The normalized spacial score (nSPS) is 23.5. The largest absolute Gasteiger partial charge is 0.375 e. The summed E-state index contributed by atoms with van der Waals surface area (Å²) in [5.74, 6) is 1.01. The molecule has 0 saturated carbocycles. The molecule has 0 aliphatic carbocycles. The average molecular weight is 384 g/mol. The number of benzene rings is 2. The van der Waals surface area contributed by atoms with E-state index in [-0.39, 0.29) is 11.4 Å². The number of rotatable bonds is 8. The lowest BCUT2D eigenvalue weighted by atomic mass is 9.74. The molecule has 152 valence electrons. The van der Waals surface area contributed by atoms with E-state index in [0.29, 0.717) is 11.8 Å². The fourth-order valence-electron chi connectivity index (χ4n) is 4.34. The number of halogens is 1. The Balaban J connectivity index is 1.64. The van der Waals surface area contributed by atoms with Crippen LogP contribution in [-0.2, 0) is 11.3 Å². The molecule has 0 radical (unpaired) electrons. The average Bonchev–Trinajstić information content (AvgIpc) is 2.70. The standard InChI is InChI=1S/C25H34FNO/c1-4-25(3)17-22(14-16-28-25)24(21-9-5-19(2)6-10-21)13-15-27-18-20-7-11-23(26)12-8-20/h5-12,22,24,27H,4,13-18H2,1-3H3. The van der Waals surface area contributed by atoms with Crippen LogP contribution in [0.25, 0.3) is 0 Å². The molecule has 0 bridgehead atoms. The van der Waals surface area contributed by atoms with Gasteiger partial charge in [-0.15, -0.1) is 0 Å². The molecular formula is C25H34FNO. The van der Waals surface area contributed by atoms with Crippen LogP contribution >= 0.6 is 0 Å². The van der Waals surface area contributed by atoms with E-state index in [1.807, 2.05) is 12.1 Å². The van der Waals surface area contributed by atoms with E-state index in [1.165, 1.54) is 23.3 Å². The first-order valence-corrected chi connectivity index (χ1v) is 10.6. The Morgan fingerprint density at radius 2 is 1.86 bits per heavy atom. The van der Waals surface area contributed by atoms with Crippen LogP contribution in [0.1, 0.15) is 62.1 Å². The van der Waals surface area contributed by atoms with Crippen molar-refractivity contribution >= 4 is 0 Å². The minimum absolute atomic E-state index is 0.00735. The number of ether oxygens (including phenoxy) is 1. The molecule has 2 aromatic rings. The Bertz CT molecular complexity index is 727. The minimum atomic E-state index is -0.179. The van der Waals surface area contributed by atoms with Gasteiger partial charge in [-0.2, -0.15) is 0 Å². The van der Waals surface area contributed by atoms with Crippen molar-refractivity contribution in [2.75, 3.05) is 13.2 Å². The van der Waals surface area contributed by atoms with Gasteiger partial charge in [0.15, 0.2) is 0 Å². The lowest BCUT2D eigenvalue weighted by molar-refractivity contribution is -0.0915. The van der Waals surface area contributed by atoms with Gasteiger partial charge in [0.05, 0.1) is 5.60 Å². The van der Waals surface area contributed by atoms with Crippen LogP contribution in [0, 0.1) is 18.7 Å². The molecule has 2 aromatic carbocycles. The van der Waals surface area contributed by atoms with Crippen molar-refractivity contribution in [3.8, 4) is 0 Å².